The molecule has 0 radical (unpaired) electrons. The number of benzene rings is 3. The summed E-state index contributed by atoms with van der Waals surface area (Å²) in [4.78, 5) is 30.8. The Morgan fingerprint density at radius 2 is 1.77 bits per heavy atom. The summed E-state index contributed by atoms with van der Waals surface area (Å²) in [5, 5.41) is 16.7. The van der Waals surface area contributed by atoms with Gasteiger partial charge in [-0.3, -0.25) is 4.79 Å². The molecule has 7 heteroatoms. The van der Waals surface area contributed by atoms with Crippen LogP contribution < -0.4 is 5.32 Å². The minimum atomic E-state index is -0.981. The first-order valence-electron chi connectivity index (χ1n) is 12.6. The van der Waals surface area contributed by atoms with Crippen LogP contribution in [-0.4, -0.2) is 26.4 Å². The molecule has 0 saturated heterocycles. The van der Waals surface area contributed by atoms with Crippen LogP contribution in [0.15, 0.2) is 103 Å². The van der Waals surface area contributed by atoms with E-state index in [0.29, 0.717) is 12.0 Å². The van der Waals surface area contributed by atoms with Crippen molar-refractivity contribution < 1.29 is 14.7 Å². The number of nitrogens with zero attached hydrogens (tertiary/aromatic N) is 2. The summed E-state index contributed by atoms with van der Waals surface area (Å²) in [6.07, 6.45) is 4.38. The molecule has 0 aliphatic rings. The molecule has 192 valence electrons. The Balaban J connectivity index is 1.38. The predicted octanol–water partition coefficient (Wildman–Crippen LogP) is 7.00. The van der Waals surface area contributed by atoms with E-state index in [-0.39, 0.29) is 17.5 Å². The quantitative estimate of drug-likeness (QED) is 0.232. The zero-order valence-corrected chi connectivity index (χ0v) is 22.0. The smallest absolute Gasteiger partial charge is 0.335 e. The fourth-order valence-corrected chi connectivity index (χ4v) is 5.61. The third kappa shape index (κ3) is 4.92. The van der Waals surface area contributed by atoms with Crippen molar-refractivity contribution in [2.24, 2.45) is 0 Å². The molecule has 0 spiro atoms. The van der Waals surface area contributed by atoms with Crippen molar-refractivity contribution in [3.8, 4) is 10.4 Å². The first-order valence-corrected chi connectivity index (χ1v) is 13.5. The van der Waals surface area contributed by atoms with Crippen molar-refractivity contribution in [2.75, 3.05) is 0 Å². The molecule has 1 amide bonds. The normalized spacial score (nSPS) is 12.0. The minimum Gasteiger partial charge on any atom is -0.478 e. The molecule has 0 unspecified atom stereocenters. The molecule has 0 fully saturated rings. The van der Waals surface area contributed by atoms with E-state index in [2.05, 4.69) is 35.6 Å². The van der Waals surface area contributed by atoms with Gasteiger partial charge in [-0.05, 0) is 58.5 Å². The predicted molar refractivity (Wildman–Crippen MR) is 155 cm³/mol. The summed E-state index contributed by atoms with van der Waals surface area (Å²) in [5.41, 5.74) is 5.23. The number of nitrogens with one attached hydrogen (secondary N) is 1. The monoisotopic (exact) mass is 531 g/mol. The SMILES string of the molecule is C[C@H](NC(=O)c1cc(-c2cccs2)cn2cnc(Cc3ccc4ccccc4c3)c12)c1ccc(C(=O)O)cc1. The van der Waals surface area contributed by atoms with E-state index < -0.39 is 5.97 Å². The average Bonchev–Trinajstić information content (AvgIpc) is 3.63. The van der Waals surface area contributed by atoms with Crippen LogP contribution >= 0.6 is 11.3 Å². The van der Waals surface area contributed by atoms with Crippen LogP contribution in [0.25, 0.3) is 26.7 Å². The Morgan fingerprint density at radius 3 is 2.51 bits per heavy atom. The van der Waals surface area contributed by atoms with Crippen LogP contribution in [0.3, 0.4) is 0 Å². The maximum atomic E-state index is 13.8. The van der Waals surface area contributed by atoms with E-state index in [1.165, 1.54) is 10.8 Å². The van der Waals surface area contributed by atoms with Gasteiger partial charge in [-0.2, -0.15) is 0 Å². The Labute approximate surface area is 229 Å². The molecule has 6 rings (SSSR count). The van der Waals surface area contributed by atoms with E-state index in [1.807, 2.05) is 53.2 Å². The molecule has 3 aromatic heterocycles. The number of carbonyl (C=O) groups is 2. The largest absolute Gasteiger partial charge is 0.478 e. The van der Waals surface area contributed by atoms with E-state index in [1.54, 1.807) is 41.9 Å². The van der Waals surface area contributed by atoms with Gasteiger partial charge in [-0.25, -0.2) is 9.78 Å². The summed E-state index contributed by atoms with van der Waals surface area (Å²) < 4.78 is 1.94. The first kappa shape index (κ1) is 24.6. The van der Waals surface area contributed by atoms with Gasteiger partial charge in [0, 0.05) is 23.1 Å². The van der Waals surface area contributed by atoms with Crippen LogP contribution in [-0.2, 0) is 6.42 Å². The third-order valence-electron chi connectivity index (χ3n) is 6.94. The van der Waals surface area contributed by atoms with Gasteiger partial charge in [0.15, 0.2) is 0 Å². The maximum absolute atomic E-state index is 13.8. The molecule has 0 aliphatic heterocycles. The fourth-order valence-electron chi connectivity index (χ4n) is 4.90. The molecular weight excluding hydrogens is 506 g/mol. The number of thiophene rings is 1. The van der Waals surface area contributed by atoms with Crippen LogP contribution in [0.2, 0.25) is 0 Å². The van der Waals surface area contributed by atoms with Crippen molar-refractivity contribution in [2.45, 2.75) is 19.4 Å². The lowest BCUT2D eigenvalue weighted by molar-refractivity contribution is 0.0696. The van der Waals surface area contributed by atoms with Crippen molar-refractivity contribution in [1.82, 2.24) is 14.7 Å². The van der Waals surface area contributed by atoms with E-state index in [0.717, 1.165) is 32.8 Å². The number of hydrogen-bond acceptors (Lipinski definition) is 4. The van der Waals surface area contributed by atoms with Gasteiger partial charge in [0.2, 0.25) is 0 Å². The number of hydrogen-bond donors (Lipinski definition) is 2. The standard InChI is InChI=1S/C32H25N3O3S/c1-20(22-10-12-24(13-11-22)32(37)38)34-31(36)27-17-26(29-7-4-14-39-29)18-35-19-33-28(30(27)35)16-21-8-9-23-5-2-3-6-25(23)15-21/h2-15,17-20H,16H2,1H3,(H,34,36)(H,37,38)/t20-/m0/s1. The zero-order chi connectivity index (χ0) is 26.9. The van der Waals surface area contributed by atoms with E-state index >= 15 is 0 Å². The van der Waals surface area contributed by atoms with Crippen LogP contribution in [0.5, 0.6) is 0 Å². The van der Waals surface area contributed by atoms with Crippen molar-refractivity contribution in [1.29, 1.82) is 0 Å². The third-order valence-corrected chi connectivity index (χ3v) is 7.86. The molecule has 3 aromatic carbocycles. The highest BCUT2D eigenvalue weighted by atomic mass is 32.1. The fraction of sp³-hybridized carbons (Fsp3) is 0.0938. The topological polar surface area (TPSA) is 83.7 Å². The highest BCUT2D eigenvalue weighted by Crippen LogP contribution is 2.30. The number of aromatic nitrogens is 2. The Kier molecular flexibility index (Phi) is 6.42. The Morgan fingerprint density at radius 1 is 0.974 bits per heavy atom. The van der Waals surface area contributed by atoms with Crippen molar-refractivity contribution in [3.63, 3.8) is 0 Å². The van der Waals surface area contributed by atoms with Crippen molar-refractivity contribution in [3.05, 3.63) is 131 Å². The first-order chi connectivity index (χ1) is 19.0. The van der Waals surface area contributed by atoms with Crippen molar-refractivity contribution >= 4 is 39.5 Å². The number of aromatic carboxylic acids is 1. The lowest BCUT2D eigenvalue weighted by atomic mass is 10.0. The molecule has 2 N–H and O–H groups in total. The van der Waals surface area contributed by atoms with Crippen LogP contribution in [0, 0.1) is 0 Å². The summed E-state index contributed by atoms with van der Waals surface area (Å²) in [7, 11) is 0. The maximum Gasteiger partial charge on any atom is 0.335 e. The zero-order valence-electron chi connectivity index (χ0n) is 21.2. The molecule has 1 atom stereocenters. The average molecular weight is 532 g/mol. The highest BCUT2D eigenvalue weighted by Gasteiger charge is 2.20. The molecule has 0 saturated carbocycles. The van der Waals surface area contributed by atoms with Gasteiger partial charge in [0.1, 0.15) is 0 Å². The molecule has 6 aromatic rings. The molecular formula is C32H25N3O3S. The molecule has 39 heavy (non-hydrogen) atoms. The number of imidazole rings is 1. The second-order valence-electron chi connectivity index (χ2n) is 9.55. The Bertz CT molecular complexity index is 1820. The van der Waals surface area contributed by atoms with Crippen LogP contribution in [0.1, 0.15) is 50.5 Å². The summed E-state index contributed by atoms with van der Waals surface area (Å²) in [6, 6.07) is 26.8. The Hall–Kier alpha value is -4.75. The summed E-state index contributed by atoms with van der Waals surface area (Å²) in [5.74, 6) is -1.20. The van der Waals surface area contributed by atoms with Gasteiger partial charge in [-0.15, -0.1) is 11.3 Å². The molecule has 0 bridgehead atoms. The number of amides is 1. The number of carboxylic acids is 1. The lowest BCUT2D eigenvalue weighted by Gasteiger charge is -2.16. The minimum absolute atomic E-state index is 0.209. The van der Waals surface area contributed by atoms with Gasteiger partial charge >= 0.3 is 5.97 Å². The molecule has 6 nitrogen and oxygen atoms in total. The summed E-state index contributed by atoms with van der Waals surface area (Å²) in [6.45, 7) is 1.89. The summed E-state index contributed by atoms with van der Waals surface area (Å²) >= 11 is 1.62. The van der Waals surface area contributed by atoms with Gasteiger partial charge < -0.3 is 14.8 Å². The molecule has 0 aliphatic carbocycles. The molecule has 3 heterocycles. The van der Waals surface area contributed by atoms with E-state index in [9.17, 15) is 14.7 Å². The second kappa shape index (κ2) is 10.2. The number of pyridine rings is 1. The van der Waals surface area contributed by atoms with Gasteiger partial charge in [0.25, 0.3) is 5.91 Å². The number of fused-ring (bicyclic) bond motifs is 2. The lowest BCUT2D eigenvalue weighted by Crippen LogP contribution is -2.27. The van der Waals surface area contributed by atoms with Gasteiger partial charge in [0.05, 0.1) is 34.7 Å². The number of carboxylic acid groups (broad SMARTS) is 1. The second-order valence-corrected chi connectivity index (χ2v) is 10.5. The number of rotatable bonds is 7. The highest BCUT2D eigenvalue weighted by molar-refractivity contribution is 7.13. The number of carbonyl (C=O) groups excluding carboxylic acids is 1. The van der Waals surface area contributed by atoms with Gasteiger partial charge in [-0.1, -0.05) is 60.7 Å². The van der Waals surface area contributed by atoms with E-state index in [4.69, 9.17) is 4.98 Å². The van der Waals surface area contributed by atoms with Crippen LogP contribution in [0.4, 0.5) is 0 Å².